The van der Waals surface area contributed by atoms with Crippen LogP contribution < -0.4 is 14.8 Å². The number of methoxy groups -OCH3 is 1. The van der Waals surface area contributed by atoms with Crippen molar-refractivity contribution in [3.05, 3.63) is 41.7 Å². The molecule has 132 valence electrons. The van der Waals surface area contributed by atoms with Gasteiger partial charge in [-0.1, -0.05) is 6.07 Å². The van der Waals surface area contributed by atoms with Crippen molar-refractivity contribution < 1.29 is 14.3 Å². The van der Waals surface area contributed by atoms with Gasteiger partial charge in [0, 0.05) is 31.0 Å². The summed E-state index contributed by atoms with van der Waals surface area (Å²) in [5.74, 6) is 0.701. The van der Waals surface area contributed by atoms with Crippen LogP contribution in [-0.4, -0.2) is 47.2 Å². The summed E-state index contributed by atoms with van der Waals surface area (Å²) in [6, 6.07) is 5.76. The van der Waals surface area contributed by atoms with Gasteiger partial charge in [0.1, 0.15) is 6.10 Å². The maximum Gasteiger partial charge on any atom is 0.321 e. The second-order valence-electron chi connectivity index (χ2n) is 6.07. The molecule has 1 aromatic carbocycles. The van der Waals surface area contributed by atoms with Crippen LogP contribution in [0.15, 0.2) is 30.6 Å². The molecule has 1 atom stereocenters. The van der Waals surface area contributed by atoms with Crippen LogP contribution in [0.2, 0.25) is 0 Å². The van der Waals surface area contributed by atoms with E-state index in [2.05, 4.69) is 15.3 Å². The lowest BCUT2D eigenvalue weighted by Gasteiger charge is -2.18. The zero-order chi connectivity index (χ0) is 17.8. The molecule has 1 saturated heterocycles. The molecule has 25 heavy (non-hydrogen) atoms. The normalized spacial score (nSPS) is 16.6. The maximum absolute atomic E-state index is 12.4. The number of aromatic nitrogens is 2. The summed E-state index contributed by atoms with van der Waals surface area (Å²) in [6.07, 6.45) is 3.71. The predicted molar refractivity (Wildman–Crippen MR) is 94.1 cm³/mol. The van der Waals surface area contributed by atoms with Gasteiger partial charge in [0.05, 0.1) is 13.7 Å². The fraction of sp³-hybridized carbons (Fsp3) is 0.389. The summed E-state index contributed by atoms with van der Waals surface area (Å²) in [5, 5.41) is 2.94. The summed E-state index contributed by atoms with van der Waals surface area (Å²) in [4.78, 5) is 22.4. The lowest BCUT2D eigenvalue weighted by atomic mass is 10.1. The third-order valence-electron chi connectivity index (χ3n) is 4.30. The molecule has 2 heterocycles. The average Bonchev–Trinajstić information content (AvgIpc) is 3.07. The first-order valence-electron chi connectivity index (χ1n) is 8.21. The molecule has 1 aliphatic heterocycles. The molecule has 1 N–H and O–H groups in total. The molecule has 0 radical (unpaired) electrons. The second-order valence-corrected chi connectivity index (χ2v) is 6.07. The number of nitrogens with zero attached hydrogens (tertiary/aromatic N) is 3. The van der Waals surface area contributed by atoms with Crippen LogP contribution >= 0.6 is 0 Å². The van der Waals surface area contributed by atoms with E-state index in [4.69, 9.17) is 9.47 Å². The number of hydrogen-bond acceptors (Lipinski definition) is 5. The van der Waals surface area contributed by atoms with E-state index in [-0.39, 0.29) is 12.1 Å². The lowest BCUT2D eigenvalue weighted by molar-refractivity contribution is 0.182. The molecular weight excluding hydrogens is 320 g/mol. The van der Waals surface area contributed by atoms with Crippen molar-refractivity contribution in [2.24, 2.45) is 0 Å². The Balaban J connectivity index is 1.58. The van der Waals surface area contributed by atoms with Gasteiger partial charge in [-0.2, -0.15) is 0 Å². The Morgan fingerprint density at radius 1 is 1.20 bits per heavy atom. The Morgan fingerprint density at radius 3 is 2.68 bits per heavy atom. The topological polar surface area (TPSA) is 76.6 Å². The van der Waals surface area contributed by atoms with Gasteiger partial charge in [-0.05, 0) is 37.1 Å². The number of likely N-dealkylation sites (tertiary alicyclic amines) is 1. The summed E-state index contributed by atoms with van der Waals surface area (Å²) in [5.41, 5.74) is 3.15. The first-order chi connectivity index (χ1) is 12.1. The summed E-state index contributed by atoms with van der Waals surface area (Å²) < 4.78 is 11.0. The predicted octanol–water partition coefficient (Wildman–Crippen LogP) is 2.79. The van der Waals surface area contributed by atoms with Gasteiger partial charge in [-0.25, -0.2) is 14.8 Å². The van der Waals surface area contributed by atoms with Crippen molar-refractivity contribution in [3.8, 4) is 11.8 Å². The van der Waals surface area contributed by atoms with Crippen LogP contribution in [0.3, 0.4) is 0 Å². The molecule has 3 rings (SSSR count). The van der Waals surface area contributed by atoms with Gasteiger partial charge in [-0.15, -0.1) is 0 Å². The highest BCUT2D eigenvalue weighted by molar-refractivity contribution is 5.89. The highest BCUT2D eigenvalue weighted by atomic mass is 16.5. The number of hydrogen-bond donors (Lipinski definition) is 1. The quantitative estimate of drug-likeness (QED) is 0.924. The summed E-state index contributed by atoms with van der Waals surface area (Å²) in [6.45, 7) is 5.20. The molecule has 1 unspecified atom stereocenters. The largest absolute Gasteiger partial charge is 0.477 e. The third-order valence-corrected chi connectivity index (χ3v) is 4.30. The number of carbonyl (C=O) groups is 1. The van der Waals surface area contributed by atoms with Crippen LogP contribution in [0.5, 0.6) is 11.8 Å². The number of anilines is 1. The fourth-order valence-electron chi connectivity index (χ4n) is 2.72. The number of amides is 2. The minimum absolute atomic E-state index is 0.125. The SMILES string of the molecule is COc1nccnc1OC1CCN(C(=O)Nc2ccc(C)c(C)c2)C1. The zero-order valence-corrected chi connectivity index (χ0v) is 14.7. The Morgan fingerprint density at radius 2 is 1.96 bits per heavy atom. The third kappa shape index (κ3) is 3.99. The summed E-state index contributed by atoms with van der Waals surface area (Å²) in [7, 11) is 1.52. The van der Waals surface area contributed by atoms with Gasteiger partial charge in [0.2, 0.25) is 0 Å². The van der Waals surface area contributed by atoms with Crippen LogP contribution in [-0.2, 0) is 0 Å². The number of carbonyl (C=O) groups excluding carboxylic acids is 1. The molecule has 1 fully saturated rings. The second kappa shape index (κ2) is 7.38. The van der Waals surface area contributed by atoms with Crippen molar-refractivity contribution in [3.63, 3.8) is 0 Å². The van der Waals surface area contributed by atoms with Crippen LogP contribution in [0.25, 0.3) is 0 Å². The minimum atomic E-state index is -0.129. The van der Waals surface area contributed by atoms with Crippen molar-refractivity contribution in [2.75, 3.05) is 25.5 Å². The number of rotatable bonds is 4. The van der Waals surface area contributed by atoms with Gasteiger partial charge in [0.25, 0.3) is 11.8 Å². The highest BCUT2D eigenvalue weighted by Gasteiger charge is 2.29. The monoisotopic (exact) mass is 342 g/mol. The minimum Gasteiger partial charge on any atom is -0.477 e. The zero-order valence-electron chi connectivity index (χ0n) is 14.7. The van der Waals surface area contributed by atoms with E-state index in [0.717, 1.165) is 17.7 Å². The number of benzene rings is 1. The van der Waals surface area contributed by atoms with Crippen molar-refractivity contribution in [2.45, 2.75) is 26.4 Å². The van der Waals surface area contributed by atoms with Gasteiger partial charge in [0.15, 0.2) is 0 Å². The molecule has 0 bridgehead atoms. The molecule has 2 aromatic rings. The van der Waals surface area contributed by atoms with E-state index in [1.807, 2.05) is 32.0 Å². The molecular formula is C18H22N4O3. The molecule has 1 aromatic heterocycles. The molecule has 7 nitrogen and oxygen atoms in total. The molecule has 2 amide bonds. The summed E-state index contributed by atoms with van der Waals surface area (Å²) >= 11 is 0. The van der Waals surface area contributed by atoms with E-state index in [1.165, 1.54) is 12.7 Å². The van der Waals surface area contributed by atoms with Gasteiger partial charge < -0.3 is 19.7 Å². The highest BCUT2D eigenvalue weighted by Crippen LogP contribution is 2.24. The van der Waals surface area contributed by atoms with E-state index >= 15 is 0 Å². The number of nitrogens with one attached hydrogen (secondary N) is 1. The van der Waals surface area contributed by atoms with Gasteiger partial charge >= 0.3 is 6.03 Å². The van der Waals surface area contributed by atoms with E-state index in [0.29, 0.717) is 24.8 Å². The molecule has 0 spiro atoms. The van der Waals surface area contributed by atoms with Crippen LogP contribution in [0.1, 0.15) is 17.5 Å². The van der Waals surface area contributed by atoms with Crippen molar-refractivity contribution in [1.82, 2.24) is 14.9 Å². The van der Waals surface area contributed by atoms with Gasteiger partial charge in [-0.3, -0.25) is 0 Å². The van der Waals surface area contributed by atoms with E-state index < -0.39 is 0 Å². The number of aryl methyl sites for hydroxylation is 2. The number of ether oxygens (including phenoxy) is 2. The Kier molecular flexibility index (Phi) is 5.02. The van der Waals surface area contributed by atoms with E-state index in [1.54, 1.807) is 17.3 Å². The van der Waals surface area contributed by atoms with E-state index in [9.17, 15) is 4.79 Å². The maximum atomic E-state index is 12.4. The van der Waals surface area contributed by atoms with Crippen LogP contribution in [0.4, 0.5) is 10.5 Å². The average molecular weight is 342 g/mol. The Bertz CT molecular complexity index is 766. The van der Waals surface area contributed by atoms with Crippen molar-refractivity contribution >= 4 is 11.7 Å². The molecule has 0 saturated carbocycles. The number of urea groups is 1. The molecule has 1 aliphatic rings. The Labute approximate surface area is 147 Å². The first kappa shape index (κ1) is 17.0. The fourth-order valence-corrected chi connectivity index (χ4v) is 2.72. The molecule has 7 heteroatoms. The van der Waals surface area contributed by atoms with Crippen molar-refractivity contribution in [1.29, 1.82) is 0 Å². The smallest absolute Gasteiger partial charge is 0.321 e. The standard InChI is InChI=1S/C18H22N4O3/c1-12-4-5-14(10-13(12)2)21-18(23)22-9-6-15(11-22)25-17-16(24-3)19-7-8-20-17/h4-5,7-8,10,15H,6,9,11H2,1-3H3,(H,21,23). The molecule has 0 aliphatic carbocycles. The Hall–Kier alpha value is -2.83. The van der Waals surface area contributed by atoms with Crippen LogP contribution in [0, 0.1) is 13.8 Å². The first-order valence-corrected chi connectivity index (χ1v) is 8.21. The lowest BCUT2D eigenvalue weighted by Crippen LogP contribution is -2.34.